The molecule has 0 aliphatic rings. The third-order valence-corrected chi connectivity index (χ3v) is 2.44. The van der Waals surface area contributed by atoms with Crippen molar-refractivity contribution >= 4 is 5.78 Å². The van der Waals surface area contributed by atoms with Crippen molar-refractivity contribution in [2.45, 2.75) is 26.2 Å². The third-order valence-electron chi connectivity index (χ3n) is 2.44. The van der Waals surface area contributed by atoms with E-state index >= 15 is 0 Å². The lowest BCUT2D eigenvalue weighted by Crippen LogP contribution is -2.18. The minimum Gasteiger partial charge on any atom is -0.294 e. The summed E-state index contributed by atoms with van der Waals surface area (Å²) < 4.78 is 75.3. The molecule has 0 atom stereocenters. The van der Waals surface area contributed by atoms with Crippen LogP contribution in [0, 0.1) is 5.92 Å². The number of ketones is 1. The molecule has 0 saturated heterocycles. The highest BCUT2D eigenvalue weighted by Crippen LogP contribution is 2.40. The lowest BCUT2D eigenvalue weighted by atomic mass is 9.96. The van der Waals surface area contributed by atoms with Crippen molar-refractivity contribution in [1.82, 2.24) is 0 Å². The molecule has 1 nitrogen and oxygen atoms in total. The van der Waals surface area contributed by atoms with Crippen LogP contribution in [0.25, 0.3) is 0 Å². The van der Waals surface area contributed by atoms with Crippen LogP contribution in [0.2, 0.25) is 0 Å². The zero-order valence-corrected chi connectivity index (χ0v) is 9.99. The highest BCUT2D eigenvalue weighted by atomic mass is 19.4. The minimum atomic E-state index is -5.17. The van der Waals surface area contributed by atoms with E-state index in [-0.39, 0.29) is 11.6 Å². The first-order chi connectivity index (χ1) is 8.44. The van der Waals surface area contributed by atoms with Gasteiger partial charge in [-0.2, -0.15) is 26.3 Å². The van der Waals surface area contributed by atoms with E-state index in [2.05, 4.69) is 0 Å². The fraction of sp³-hybridized carbons (Fsp3) is 0.417. The summed E-state index contributed by atoms with van der Waals surface area (Å²) in [5.74, 6) is -1.24. The molecule has 0 amide bonds. The molecule has 0 bridgehead atoms. The Morgan fingerprint density at radius 2 is 1.42 bits per heavy atom. The van der Waals surface area contributed by atoms with Gasteiger partial charge >= 0.3 is 12.4 Å². The lowest BCUT2D eigenvalue weighted by Gasteiger charge is -2.16. The van der Waals surface area contributed by atoms with E-state index in [4.69, 9.17) is 0 Å². The van der Waals surface area contributed by atoms with Gasteiger partial charge in [-0.25, -0.2) is 0 Å². The van der Waals surface area contributed by atoms with Crippen molar-refractivity contribution in [3.05, 3.63) is 34.9 Å². The molecule has 7 heteroatoms. The fourth-order valence-electron chi connectivity index (χ4n) is 1.51. The van der Waals surface area contributed by atoms with Crippen molar-refractivity contribution in [2.24, 2.45) is 5.92 Å². The standard InChI is InChI=1S/C12H10F6O/c1-6(2)10(19)7-3-4-8(11(13,14)15)9(5-7)12(16,17)18/h3-6H,1-2H3. The van der Waals surface area contributed by atoms with Crippen LogP contribution in [-0.4, -0.2) is 5.78 Å². The van der Waals surface area contributed by atoms with E-state index in [0.717, 1.165) is 6.07 Å². The number of carbonyl (C=O) groups excluding carboxylic acids is 1. The summed E-state index contributed by atoms with van der Waals surface area (Å²) >= 11 is 0. The number of hydrogen-bond acceptors (Lipinski definition) is 1. The van der Waals surface area contributed by atoms with Gasteiger partial charge in [-0.3, -0.25) is 4.79 Å². The molecule has 0 spiro atoms. The van der Waals surface area contributed by atoms with E-state index < -0.39 is 35.2 Å². The molecule has 0 N–H and O–H groups in total. The number of alkyl halides is 6. The molecule has 0 unspecified atom stereocenters. The Kier molecular flexibility index (Phi) is 3.97. The van der Waals surface area contributed by atoms with Crippen LogP contribution in [0.1, 0.15) is 35.3 Å². The van der Waals surface area contributed by atoms with Gasteiger partial charge in [0, 0.05) is 11.5 Å². The van der Waals surface area contributed by atoms with Gasteiger partial charge in [-0.1, -0.05) is 19.9 Å². The molecule has 19 heavy (non-hydrogen) atoms. The highest BCUT2D eigenvalue weighted by molar-refractivity contribution is 5.97. The average molecular weight is 284 g/mol. The summed E-state index contributed by atoms with van der Waals surface area (Å²) in [6.07, 6.45) is -10.3. The smallest absolute Gasteiger partial charge is 0.294 e. The zero-order chi connectivity index (χ0) is 15.0. The molecule has 106 valence electrons. The van der Waals surface area contributed by atoms with E-state index in [0.29, 0.717) is 6.07 Å². The van der Waals surface area contributed by atoms with Crippen molar-refractivity contribution in [1.29, 1.82) is 0 Å². The van der Waals surface area contributed by atoms with E-state index in [1.807, 2.05) is 0 Å². The van der Waals surface area contributed by atoms with Gasteiger partial charge in [0.25, 0.3) is 0 Å². The van der Waals surface area contributed by atoms with Crippen LogP contribution in [0.3, 0.4) is 0 Å². The number of hydrogen-bond donors (Lipinski definition) is 0. The van der Waals surface area contributed by atoms with Crippen LogP contribution in [0.15, 0.2) is 18.2 Å². The molecule has 0 heterocycles. The molecule has 0 aromatic heterocycles. The van der Waals surface area contributed by atoms with Crippen molar-refractivity contribution in [3.8, 4) is 0 Å². The maximum absolute atomic E-state index is 12.6. The second-order valence-corrected chi connectivity index (χ2v) is 4.27. The summed E-state index contributed by atoms with van der Waals surface area (Å²) in [4.78, 5) is 11.5. The first-order valence-corrected chi connectivity index (χ1v) is 5.27. The fourth-order valence-corrected chi connectivity index (χ4v) is 1.51. The summed E-state index contributed by atoms with van der Waals surface area (Å²) in [5, 5.41) is 0. The van der Waals surface area contributed by atoms with Crippen LogP contribution in [0.4, 0.5) is 26.3 Å². The molecule has 0 radical (unpaired) electrons. The molecular weight excluding hydrogens is 274 g/mol. The molecule has 0 saturated carbocycles. The Labute approximate surface area is 105 Å². The molecular formula is C12H10F6O. The highest BCUT2D eigenvalue weighted by Gasteiger charge is 2.43. The SMILES string of the molecule is CC(C)C(=O)c1ccc(C(F)(F)F)c(C(F)(F)F)c1. The molecule has 1 aromatic carbocycles. The minimum absolute atomic E-state index is 0.255. The summed E-state index contributed by atoms with van der Waals surface area (Å²) in [6.45, 7) is 2.90. The Hall–Kier alpha value is -1.53. The van der Waals surface area contributed by atoms with Crippen LogP contribution in [0.5, 0.6) is 0 Å². The van der Waals surface area contributed by atoms with Crippen LogP contribution in [-0.2, 0) is 12.4 Å². The summed E-state index contributed by atoms with van der Waals surface area (Å²) in [6, 6.07) is 1.31. The zero-order valence-electron chi connectivity index (χ0n) is 9.99. The van der Waals surface area contributed by atoms with Gasteiger partial charge in [0.2, 0.25) is 0 Å². The Morgan fingerprint density at radius 3 is 1.79 bits per heavy atom. The Morgan fingerprint density at radius 1 is 0.947 bits per heavy atom. The molecule has 1 aromatic rings. The number of Topliss-reactive ketones (excluding diaryl/α,β-unsaturated/α-hetero) is 1. The van der Waals surface area contributed by atoms with Crippen molar-refractivity contribution in [3.63, 3.8) is 0 Å². The second-order valence-electron chi connectivity index (χ2n) is 4.27. The Balaban J connectivity index is 3.45. The molecule has 0 aliphatic carbocycles. The number of rotatable bonds is 2. The summed E-state index contributed by atoms with van der Waals surface area (Å²) in [5.41, 5.74) is -4.01. The monoisotopic (exact) mass is 284 g/mol. The average Bonchev–Trinajstić information content (AvgIpc) is 2.24. The van der Waals surface area contributed by atoms with Gasteiger partial charge in [0.05, 0.1) is 11.1 Å². The summed E-state index contributed by atoms with van der Waals surface area (Å²) in [7, 11) is 0. The van der Waals surface area contributed by atoms with Gasteiger partial charge in [0.1, 0.15) is 0 Å². The quantitative estimate of drug-likeness (QED) is 0.574. The van der Waals surface area contributed by atoms with Gasteiger partial charge in [0.15, 0.2) is 5.78 Å². The Bertz CT molecular complexity index is 484. The van der Waals surface area contributed by atoms with E-state index in [9.17, 15) is 31.1 Å². The van der Waals surface area contributed by atoms with E-state index in [1.54, 1.807) is 0 Å². The normalized spacial score (nSPS) is 12.9. The number of carbonyl (C=O) groups is 1. The van der Waals surface area contributed by atoms with Gasteiger partial charge in [-0.05, 0) is 12.1 Å². The van der Waals surface area contributed by atoms with Gasteiger partial charge < -0.3 is 0 Å². The molecule has 0 aliphatic heterocycles. The number of benzene rings is 1. The third kappa shape index (κ3) is 3.48. The van der Waals surface area contributed by atoms with E-state index in [1.165, 1.54) is 13.8 Å². The number of halogens is 6. The lowest BCUT2D eigenvalue weighted by molar-refractivity contribution is -0.162. The maximum Gasteiger partial charge on any atom is 0.417 e. The predicted molar refractivity (Wildman–Crippen MR) is 55.6 cm³/mol. The van der Waals surface area contributed by atoms with Crippen LogP contribution >= 0.6 is 0 Å². The topological polar surface area (TPSA) is 17.1 Å². The van der Waals surface area contributed by atoms with Gasteiger partial charge in [-0.15, -0.1) is 0 Å². The maximum atomic E-state index is 12.6. The predicted octanol–water partition coefficient (Wildman–Crippen LogP) is 4.56. The van der Waals surface area contributed by atoms with Crippen molar-refractivity contribution < 1.29 is 31.1 Å². The molecule has 0 fully saturated rings. The van der Waals surface area contributed by atoms with Crippen LogP contribution < -0.4 is 0 Å². The second kappa shape index (κ2) is 4.86. The largest absolute Gasteiger partial charge is 0.417 e. The molecule has 1 rings (SSSR count). The van der Waals surface area contributed by atoms with Crippen molar-refractivity contribution in [2.75, 3.05) is 0 Å². The first kappa shape index (κ1) is 15.5. The first-order valence-electron chi connectivity index (χ1n) is 5.27.